The lowest BCUT2D eigenvalue weighted by Gasteiger charge is -2.62. The molecular formula is C24H40O5. The predicted octanol–water partition coefficient (Wildman–Crippen LogP) is 3.45. The van der Waals surface area contributed by atoms with Gasteiger partial charge in [0, 0.05) is 0 Å². The Morgan fingerprint density at radius 2 is 1.66 bits per heavy atom. The number of rotatable bonds is 4. The van der Waals surface area contributed by atoms with Gasteiger partial charge in [0.05, 0.1) is 12.2 Å². The molecule has 0 radical (unpaired) electrons. The van der Waals surface area contributed by atoms with Crippen LogP contribution in [0.4, 0.5) is 0 Å². The fraction of sp³-hybridized carbons (Fsp3) is 0.958. The molecule has 0 heterocycles. The predicted molar refractivity (Wildman–Crippen MR) is 110 cm³/mol. The van der Waals surface area contributed by atoms with Crippen molar-refractivity contribution in [2.24, 2.45) is 46.3 Å². The summed E-state index contributed by atoms with van der Waals surface area (Å²) in [4.78, 5) is 11.1. The molecule has 0 aliphatic heterocycles. The van der Waals surface area contributed by atoms with E-state index in [1.165, 1.54) is 0 Å². The highest BCUT2D eigenvalue weighted by atomic mass is 16.4. The molecule has 4 aliphatic carbocycles. The largest absolute Gasteiger partial charge is 0.479 e. The normalized spacial score (nSPS) is 51.4. The van der Waals surface area contributed by atoms with Crippen LogP contribution in [0.25, 0.3) is 0 Å². The monoisotopic (exact) mass is 408 g/mol. The van der Waals surface area contributed by atoms with E-state index in [4.69, 9.17) is 5.11 Å². The first-order chi connectivity index (χ1) is 13.6. The Hall–Kier alpha value is -0.650. The van der Waals surface area contributed by atoms with E-state index in [1.807, 2.05) is 0 Å². The molecule has 0 saturated heterocycles. The summed E-state index contributed by atoms with van der Waals surface area (Å²) in [6, 6.07) is 0. The Labute approximate surface area is 174 Å². The second-order valence-corrected chi connectivity index (χ2v) is 11.5. The van der Waals surface area contributed by atoms with Crippen molar-refractivity contribution in [2.75, 3.05) is 0 Å². The highest BCUT2D eigenvalue weighted by Gasteiger charge is 2.62. The fourth-order valence-corrected chi connectivity index (χ4v) is 8.79. The van der Waals surface area contributed by atoms with Crippen molar-refractivity contribution >= 4 is 5.97 Å². The van der Waals surface area contributed by atoms with Gasteiger partial charge < -0.3 is 20.4 Å². The van der Waals surface area contributed by atoms with Crippen LogP contribution in [0.1, 0.15) is 78.6 Å². The van der Waals surface area contributed by atoms with E-state index in [0.29, 0.717) is 36.0 Å². The van der Waals surface area contributed by atoms with Crippen molar-refractivity contribution in [1.29, 1.82) is 0 Å². The minimum Gasteiger partial charge on any atom is -0.479 e. The van der Waals surface area contributed by atoms with E-state index < -0.39 is 12.1 Å². The zero-order chi connectivity index (χ0) is 21.1. The first-order valence-corrected chi connectivity index (χ1v) is 11.8. The molecule has 0 spiro atoms. The average Bonchev–Trinajstić information content (AvgIpc) is 3.00. The third-order valence-electron chi connectivity index (χ3n) is 10.3. The fourth-order valence-electron chi connectivity index (χ4n) is 8.79. The van der Waals surface area contributed by atoms with Gasteiger partial charge in [-0.1, -0.05) is 20.8 Å². The number of hydrogen-bond acceptors (Lipinski definition) is 4. The molecule has 4 aliphatic rings. The third kappa shape index (κ3) is 3.36. The minimum absolute atomic E-state index is 0.122. The molecule has 1 unspecified atom stereocenters. The van der Waals surface area contributed by atoms with Crippen LogP contribution in [0.15, 0.2) is 0 Å². The lowest BCUT2D eigenvalue weighted by atomic mass is 9.43. The van der Waals surface area contributed by atoms with E-state index in [9.17, 15) is 20.1 Å². The van der Waals surface area contributed by atoms with Gasteiger partial charge in [0.25, 0.3) is 0 Å². The van der Waals surface area contributed by atoms with Crippen molar-refractivity contribution < 1.29 is 25.2 Å². The molecule has 4 saturated carbocycles. The summed E-state index contributed by atoms with van der Waals surface area (Å²) in [5.74, 6) is 1.22. The van der Waals surface area contributed by atoms with Crippen LogP contribution in [0.2, 0.25) is 0 Å². The van der Waals surface area contributed by atoms with Crippen molar-refractivity contribution in [2.45, 2.75) is 96.9 Å². The van der Waals surface area contributed by atoms with Gasteiger partial charge in [-0.05, 0) is 104 Å². The summed E-state index contributed by atoms with van der Waals surface area (Å²) in [6.45, 7) is 6.91. The number of fused-ring (bicyclic) bond motifs is 5. The van der Waals surface area contributed by atoms with Gasteiger partial charge in [0.2, 0.25) is 0 Å². The van der Waals surface area contributed by atoms with Gasteiger partial charge in [-0.3, -0.25) is 0 Å². The number of aliphatic hydroxyl groups is 3. The summed E-state index contributed by atoms with van der Waals surface area (Å²) in [5, 5.41) is 40.5. The summed E-state index contributed by atoms with van der Waals surface area (Å²) in [5.41, 5.74) is 0.352. The molecule has 4 rings (SSSR count). The van der Waals surface area contributed by atoms with E-state index in [2.05, 4.69) is 20.8 Å². The highest BCUT2D eigenvalue weighted by molar-refractivity contribution is 5.71. The van der Waals surface area contributed by atoms with Crippen molar-refractivity contribution in [3.8, 4) is 0 Å². The van der Waals surface area contributed by atoms with Crippen LogP contribution >= 0.6 is 0 Å². The number of hydrogen-bond donors (Lipinski definition) is 4. The number of carbonyl (C=O) groups is 1. The van der Waals surface area contributed by atoms with Crippen LogP contribution in [0.3, 0.4) is 0 Å². The summed E-state index contributed by atoms with van der Waals surface area (Å²) in [6.07, 6.45) is 6.60. The van der Waals surface area contributed by atoms with Crippen LogP contribution < -0.4 is 0 Å². The minimum atomic E-state index is -1.28. The quantitative estimate of drug-likeness (QED) is 0.571. The van der Waals surface area contributed by atoms with E-state index in [-0.39, 0.29) is 29.0 Å². The maximum Gasteiger partial charge on any atom is 0.332 e. The van der Waals surface area contributed by atoms with Crippen LogP contribution in [-0.4, -0.2) is 44.7 Å². The number of aliphatic carboxylic acids is 1. The molecule has 0 aromatic rings. The van der Waals surface area contributed by atoms with Crippen molar-refractivity contribution in [3.05, 3.63) is 0 Å². The second kappa shape index (κ2) is 7.49. The van der Waals surface area contributed by atoms with Crippen LogP contribution in [0, 0.1) is 46.3 Å². The van der Waals surface area contributed by atoms with Crippen molar-refractivity contribution in [1.82, 2.24) is 0 Å². The van der Waals surface area contributed by atoms with Gasteiger partial charge in [0.15, 0.2) is 6.10 Å². The van der Waals surface area contributed by atoms with E-state index in [0.717, 1.165) is 51.4 Å². The SMILES string of the molecule is C[C@H](CC(O)C(=O)O)[C@H]1CC[C@H]2[C@@H]3[C@@H](O)C[C@@H]4C[C@H](O)CC[C@]4(C)[C@H]3CC[C@]12C. The number of carboxylic acids is 1. The van der Waals surface area contributed by atoms with Gasteiger partial charge >= 0.3 is 5.97 Å². The number of carboxylic acid groups (broad SMARTS) is 1. The second-order valence-electron chi connectivity index (χ2n) is 11.5. The number of aliphatic hydroxyl groups excluding tert-OH is 3. The van der Waals surface area contributed by atoms with Crippen LogP contribution in [-0.2, 0) is 4.79 Å². The first-order valence-electron chi connectivity index (χ1n) is 11.8. The molecule has 166 valence electrons. The lowest BCUT2D eigenvalue weighted by Crippen LogP contribution is -2.58. The van der Waals surface area contributed by atoms with E-state index in [1.54, 1.807) is 0 Å². The zero-order valence-corrected chi connectivity index (χ0v) is 18.3. The lowest BCUT2D eigenvalue weighted by molar-refractivity contribution is -0.174. The topological polar surface area (TPSA) is 98.0 Å². The molecular weight excluding hydrogens is 368 g/mol. The zero-order valence-electron chi connectivity index (χ0n) is 18.3. The highest BCUT2D eigenvalue weighted by Crippen LogP contribution is 2.68. The molecule has 29 heavy (non-hydrogen) atoms. The van der Waals surface area contributed by atoms with Gasteiger partial charge in [-0.15, -0.1) is 0 Å². The standard InChI is InChI=1S/C24H40O5/c1-13(10-20(27)22(28)29)16-4-5-17-21-18(7-9-24(16,17)3)23(2)8-6-15(25)11-14(23)12-19(21)26/h13-21,25-27H,4-12H2,1-3H3,(H,28,29)/t13-,14+,15-,16-,17+,18+,19+,20?,21+,23+,24-/m1/s1. The molecule has 0 amide bonds. The first kappa shape index (κ1) is 21.6. The molecule has 4 N–H and O–H groups in total. The molecule has 0 bridgehead atoms. The Balaban J connectivity index is 1.56. The Morgan fingerprint density at radius 3 is 2.34 bits per heavy atom. The third-order valence-corrected chi connectivity index (χ3v) is 10.3. The van der Waals surface area contributed by atoms with Gasteiger partial charge in [-0.25, -0.2) is 4.79 Å². The molecule has 5 nitrogen and oxygen atoms in total. The summed E-state index contributed by atoms with van der Waals surface area (Å²) >= 11 is 0. The van der Waals surface area contributed by atoms with E-state index >= 15 is 0 Å². The average molecular weight is 409 g/mol. The molecule has 5 heteroatoms. The van der Waals surface area contributed by atoms with Crippen LogP contribution in [0.5, 0.6) is 0 Å². The maximum atomic E-state index is 11.2. The molecule has 11 atom stereocenters. The Morgan fingerprint density at radius 1 is 1.00 bits per heavy atom. The van der Waals surface area contributed by atoms with Gasteiger partial charge in [-0.2, -0.15) is 0 Å². The smallest absolute Gasteiger partial charge is 0.332 e. The summed E-state index contributed by atoms with van der Waals surface area (Å²) < 4.78 is 0. The van der Waals surface area contributed by atoms with Crippen molar-refractivity contribution in [3.63, 3.8) is 0 Å². The summed E-state index contributed by atoms with van der Waals surface area (Å²) in [7, 11) is 0. The Kier molecular flexibility index (Phi) is 5.57. The molecule has 0 aromatic carbocycles. The van der Waals surface area contributed by atoms with Gasteiger partial charge in [0.1, 0.15) is 0 Å². The maximum absolute atomic E-state index is 11.2. The molecule has 0 aromatic heterocycles. The Bertz CT molecular complexity index is 637. The molecule has 4 fully saturated rings.